The zero-order chi connectivity index (χ0) is 18.0. The summed E-state index contributed by atoms with van der Waals surface area (Å²) in [7, 11) is -3.22. The van der Waals surface area contributed by atoms with E-state index >= 15 is 0 Å². The second-order valence-corrected chi connectivity index (χ2v) is 8.42. The number of hydrogen-bond acceptors (Lipinski definition) is 3. The summed E-state index contributed by atoms with van der Waals surface area (Å²) in [4.78, 5) is 0.349. The smallest absolute Gasteiger partial charge is 0.175 e. The van der Waals surface area contributed by atoms with Gasteiger partial charge in [-0.15, -0.1) is 0 Å². The minimum atomic E-state index is -3.22. The van der Waals surface area contributed by atoms with E-state index in [2.05, 4.69) is 19.1 Å². The Balaban J connectivity index is 2.10. The van der Waals surface area contributed by atoms with Crippen LogP contribution in [0.5, 0.6) is 0 Å². The lowest BCUT2D eigenvalue weighted by Gasteiger charge is -2.09. The third kappa shape index (κ3) is 3.75. The Morgan fingerprint density at radius 3 is 2.60 bits per heavy atom. The van der Waals surface area contributed by atoms with Gasteiger partial charge in [-0.3, -0.25) is 0 Å². The summed E-state index contributed by atoms with van der Waals surface area (Å²) in [5.41, 5.74) is 6.27. The molecule has 0 saturated carbocycles. The molecule has 0 aliphatic heterocycles. The number of fused-ring (bicyclic) bond motifs is 1. The van der Waals surface area contributed by atoms with Crippen LogP contribution in [0.3, 0.4) is 0 Å². The summed E-state index contributed by atoms with van der Waals surface area (Å²) < 4.78 is 23.6. The highest BCUT2D eigenvalue weighted by molar-refractivity contribution is 7.90. The van der Waals surface area contributed by atoms with Crippen LogP contribution in [0.2, 0.25) is 0 Å². The molecule has 1 N–H and O–H groups in total. The molecule has 1 aliphatic rings. The molecule has 2 aromatic rings. The highest BCUT2D eigenvalue weighted by atomic mass is 32.2. The minimum Gasteiger partial charge on any atom is -0.392 e. The molecule has 3 rings (SSSR count). The Morgan fingerprint density at radius 2 is 1.92 bits per heavy atom. The number of allylic oxidation sites excluding steroid dienone is 2. The molecule has 1 aliphatic carbocycles. The van der Waals surface area contributed by atoms with Crippen LogP contribution in [0.4, 0.5) is 0 Å². The lowest BCUT2D eigenvalue weighted by molar-refractivity contribution is 0.282. The maximum atomic E-state index is 11.8. The maximum absolute atomic E-state index is 11.8. The Labute approximate surface area is 149 Å². The van der Waals surface area contributed by atoms with Gasteiger partial charge in [-0.05, 0) is 64.1 Å². The van der Waals surface area contributed by atoms with Crippen LogP contribution < -0.4 is 0 Å². The monoisotopic (exact) mass is 354 g/mol. The van der Waals surface area contributed by atoms with E-state index in [-0.39, 0.29) is 6.61 Å². The number of benzene rings is 2. The minimum absolute atomic E-state index is 0.0168. The van der Waals surface area contributed by atoms with E-state index in [1.807, 2.05) is 30.3 Å². The van der Waals surface area contributed by atoms with E-state index in [4.69, 9.17) is 0 Å². The fraction of sp³-hybridized carbons (Fsp3) is 0.238. The second kappa shape index (κ2) is 6.98. The van der Waals surface area contributed by atoms with Crippen molar-refractivity contribution in [1.82, 2.24) is 0 Å². The van der Waals surface area contributed by atoms with Crippen molar-refractivity contribution in [1.29, 1.82) is 0 Å². The number of hydrogen-bond donors (Lipinski definition) is 1. The summed E-state index contributed by atoms with van der Waals surface area (Å²) in [5, 5.41) is 9.33. The first kappa shape index (κ1) is 17.6. The highest BCUT2D eigenvalue weighted by Gasteiger charge is 2.20. The van der Waals surface area contributed by atoms with Gasteiger partial charge in [0.1, 0.15) is 0 Å². The van der Waals surface area contributed by atoms with Gasteiger partial charge in [0.15, 0.2) is 9.84 Å². The molecule has 2 aromatic carbocycles. The first-order chi connectivity index (χ1) is 11.9. The third-order valence-corrected chi connectivity index (χ3v) is 5.49. The van der Waals surface area contributed by atoms with Crippen LogP contribution >= 0.6 is 0 Å². The van der Waals surface area contributed by atoms with E-state index < -0.39 is 9.84 Å². The first-order valence-corrected chi connectivity index (χ1v) is 10.3. The van der Waals surface area contributed by atoms with Crippen LogP contribution in [0.1, 0.15) is 42.0 Å². The lowest BCUT2D eigenvalue weighted by Crippen LogP contribution is -1.97. The number of aliphatic hydroxyl groups excluding tert-OH is 1. The summed E-state index contributed by atoms with van der Waals surface area (Å²) in [6, 6.07) is 13.1. The Bertz CT molecular complexity index is 966. The Morgan fingerprint density at radius 1 is 1.12 bits per heavy atom. The molecule has 0 unspecified atom stereocenters. The summed E-state index contributed by atoms with van der Waals surface area (Å²) in [6.45, 7) is 2.15. The van der Waals surface area contributed by atoms with Crippen LogP contribution in [0.15, 0.2) is 52.9 Å². The van der Waals surface area contributed by atoms with Gasteiger partial charge >= 0.3 is 0 Å². The zero-order valence-electron chi connectivity index (χ0n) is 14.5. The molecule has 0 spiro atoms. The molecule has 0 bridgehead atoms. The molecule has 0 saturated heterocycles. The number of aliphatic hydroxyl groups is 1. The van der Waals surface area contributed by atoms with E-state index in [1.165, 1.54) is 11.8 Å². The van der Waals surface area contributed by atoms with Crippen LogP contribution in [0, 0.1) is 0 Å². The van der Waals surface area contributed by atoms with Crippen LogP contribution in [0.25, 0.3) is 17.7 Å². The standard InChI is InChI=1S/C21H22O3S/c1-3-5-17-12-18-13-19(25(2,23)24)8-9-20(18)21(17)11-15-6-4-7-16(10-15)14-22/h4,6-13,22H,3,5,14H2,1-2H3/b21-11-. The van der Waals surface area contributed by atoms with Crippen LogP contribution in [-0.4, -0.2) is 19.8 Å². The summed E-state index contributed by atoms with van der Waals surface area (Å²) in [6.07, 6.45) is 7.40. The molecule has 0 amide bonds. The lowest BCUT2D eigenvalue weighted by atomic mass is 9.97. The van der Waals surface area contributed by atoms with E-state index in [9.17, 15) is 13.5 Å². The van der Waals surface area contributed by atoms with E-state index in [1.54, 1.807) is 12.1 Å². The third-order valence-electron chi connectivity index (χ3n) is 4.38. The first-order valence-electron chi connectivity index (χ1n) is 8.39. The molecule has 3 nitrogen and oxygen atoms in total. The number of sulfone groups is 1. The zero-order valence-corrected chi connectivity index (χ0v) is 15.3. The van der Waals surface area contributed by atoms with E-state index in [0.717, 1.165) is 40.7 Å². The SMILES string of the molecule is CCCC1=Cc2cc(S(C)(=O)=O)ccc2/C1=C\c1cccc(CO)c1. The number of rotatable bonds is 5. The molecular weight excluding hydrogens is 332 g/mol. The van der Waals surface area contributed by atoms with Gasteiger partial charge in [-0.25, -0.2) is 8.42 Å². The molecule has 0 aromatic heterocycles. The Hall–Kier alpha value is -2.17. The van der Waals surface area contributed by atoms with Gasteiger partial charge in [0.25, 0.3) is 0 Å². The quantitative estimate of drug-likeness (QED) is 0.870. The van der Waals surface area contributed by atoms with Crippen LogP contribution in [-0.2, 0) is 16.4 Å². The molecule has 0 atom stereocenters. The molecular formula is C21H22O3S. The maximum Gasteiger partial charge on any atom is 0.175 e. The van der Waals surface area contributed by atoms with Crippen molar-refractivity contribution in [2.45, 2.75) is 31.3 Å². The second-order valence-electron chi connectivity index (χ2n) is 6.40. The van der Waals surface area contributed by atoms with Crippen molar-refractivity contribution < 1.29 is 13.5 Å². The van der Waals surface area contributed by atoms with Crippen molar-refractivity contribution in [3.8, 4) is 0 Å². The van der Waals surface area contributed by atoms with Crippen molar-refractivity contribution in [2.75, 3.05) is 6.26 Å². The van der Waals surface area contributed by atoms with Crippen molar-refractivity contribution in [3.05, 3.63) is 70.3 Å². The van der Waals surface area contributed by atoms with Gasteiger partial charge in [-0.1, -0.05) is 43.7 Å². The van der Waals surface area contributed by atoms with Crippen molar-refractivity contribution in [3.63, 3.8) is 0 Å². The summed E-state index contributed by atoms with van der Waals surface area (Å²) in [5.74, 6) is 0. The van der Waals surface area contributed by atoms with Gasteiger partial charge in [0, 0.05) is 6.26 Å². The van der Waals surface area contributed by atoms with Gasteiger partial charge < -0.3 is 5.11 Å². The fourth-order valence-corrected chi connectivity index (χ4v) is 3.83. The predicted molar refractivity (Wildman–Crippen MR) is 103 cm³/mol. The average Bonchev–Trinajstić information content (AvgIpc) is 2.91. The van der Waals surface area contributed by atoms with E-state index in [0.29, 0.717) is 4.90 Å². The summed E-state index contributed by atoms with van der Waals surface area (Å²) >= 11 is 0. The Kier molecular flexibility index (Phi) is 4.93. The van der Waals surface area contributed by atoms with Gasteiger partial charge in [0.2, 0.25) is 0 Å². The predicted octanol–water partition coefficient (Wildman–Crippen LogP) is 4.32. The molecule has 4 heteroatoms. The molecule has 0 fully saturated rings. The topological polar surface area (TPSA) is 54.4 Å². The molecule has 25 heavy (non-hydrogen) atoms. The molecule has 0 heterocycles. The largest absolute Gasteiger partial charge is 0.392 e. The normalized spacial score (nSPS) is 15.3. The van der Waals surface area contributed by atoms with Gasteiger partial charge in [-0.2, -0.15) is 0 Å². The molecule has 130 valence electrons. The highest BCUT2D eigenvalue weighted by Crippen LogP contribution is 2.40. The average molecular weight is 354 g/mol. The van der Waals surface area contributed by atoms with Gasteiger partial charge in [0.05, 0.1) is 11.5 Å². The molecule has 0 radical (unpaired) electrons. The fourth-order valence-electron chi connectivity index (χ4n) is 3.17. The van der Waals surface area contributed by atoms with Crippen molar-refractivity contribution >= 4 is 27.6 Å². The van der Waals surface area contributed by atoms with Crippen molar-refractivity contribution in [2.24, 2.45) is 0 Å².